The third-order valence-corrected chi connectivity index (χ3v) is 5.68. The molecule has 0 aliphatic carbocycles. The molecule has 0 aromatic heterocycles. The minimum absolute atomic E-state index is 0.0386. The first-order valence-electron chi connectivity index (χ1n) is 9.40. The number of para-hydroxylation sites is 1. The maximum atomic E-state index is 12.4. The molecule has 0 spiro atoms. The van der Waals surface area contributed by atoms with Crippen LogP contribution >= 0.6 is 11.8 Å². The first-order chi connectivity index (χ1) is 14.6. The molecule has 2 aliphatic heterocycles. The van der Waals surface area contributed by atoms with E-state index in [1.54, 1.807) is 18.2 Å². The summed E-state index contributed by atoms with van der Waals surface area (Å²) in [5, 5.41) is 11.5. The molecule has 2 aromatic carbocycles. The zero-order valence-electron chi connectivity index (χ0n) is 16.0. The predicted octanol–water partition coefficient (Wildman–Crippen LogP) is 3.48. The normalized spacial score (nSPS) is 17.9. The smallest absolute Gasteiger partial charge is 0.286 e. The summed E-state index contributed by atoms with van der Waals surface area (Å²) in [6, 6.07) is 13.7. The number of hydrogen-bond donors (Lipinski definition) is 0. The van der Waals surface area contributed by atoms with Crippen molar-refractivity contribution in [3.05, 3.63) is 74.7 Å². The number of carbonyl (C=O) groups excluding carboxylic acids is 1. The minimum Gasteiger partial charge on any atom is -0.488 e. The summed E-state index contributed by atoms with van der Waals surface area (Å²) in [5.74, 6) is 0.364. The number of nitro benzene ring substituents is 1. The van der Waals surface area contributed by atoms with E-state index in [0.29, 0.717) is 29.0 Å². The second-order valence-electron chi connectivity index (χ2n) is 6.66. The summed E-state index contributed by atoms with van der Waals surface area (Å²) in [7, 11) is 0. The maximum absolute atomic E-state index is 12.4. The number of amidine groups is 1. The highest BCUT2D eigenvalue weighted by molar-refractivity contribution is 8.18. The molecule has 0 unspecified atom stereocenters. The second kappa shape index (κ2) is 9.10. The van der Waals surface area contributed by atoms with Crippen molar-refractivity contribution in [3.8, 4) is 5.75 Å². The summed E-state index contributed by atoms with van der Waals surface area (Å²) < 4.78 is 11.3. The molecule has 1 saturated heterocycles. The molecular weight excluding hydrogens is 406 g/mol. The molecule has 2 aromatic rings. The molecule has 30 heavy (non-hydrogen) atoms. The number of rotatable bonds is 5. The Hall–Kier alpha value is -3.17. The van der Waals surface area contributed by atoms with E-state index in [4.69, 9.17) is 9.47 Å². The van der Waals surface area contributed by atoms with Crippen LogP contribution in [-0.2, 0) is 16.1 Å². The summed E-state index contributed by atoms with van der Waals surface area (Å²) in [6.07, 6.45) is 1.79. The van der Waals surface area contributed by atoms with Crippen molar-refractivity contribution in [3.63, 3.8) is 0 Å². The van der Waals surface area contributed by atoms with E-state index in [1.807, 2.05) is 24.3 Å². The van der Waals surface area contributed by atoms with E-state index < -0.39 is 4.92 Å². The lowest BCUT2D eigenvalue weighted by Gasteiger charge is -2.27. The number of ether oxygens (including phenoxy) is 2. The van der Waals surface area contributed by atoms with E-state index in [2.05, 4.69) is 9.89 Å². The number of amides is 1. The number of thioether (sulfide) groups is 1. The van der Waals surface area contributed by atoms with Gasteiger partial charge in [0, 0.05) is 30.8 Å². The van der Waals surface area contributed by atoms with Crippen molar-refractivity contribution in [2.24, 2.45) is 4.99 Å². The third-order valence-electron chi connectivity index (χ3n) is 4.64. The van der Waals surface area contributed by atoms with Crippen molar-refractivity contribution in [1.82, 2.24) is 4.90 Å². The molecule has 0 radical (unpaired) electrons. The van der Waals surface area contributed by atoms with Gasteiger partial charge >= 0.3 is 0 Å². The van der Waals surface area contributed by atoms with Crippen LogP contribution in [0.5, 0.6) is 5.75 Å². The van der Waals surface area contributed by atoms with Crippen LogP contribution in [0.1, 0.15) is 11.1 Å². The predicted molar refractivity (Wildman–Crippen MR) is 114 cm³/mol. The highest BCUT2D eigenvalue weighted by atomic mass is 32.2. The molecule has 2 heterocycles. The Morgan fingerprint density at radius 2 is 1.90 bits per heavy atom. The Bertz CT molecular complexity index is 1010. The van der Waals surface area contributed by atoms with E-state index >= 15 is 0 Å². The molecule has 154 valence electrons. The number of morpholine rings is 1. The molecular formula is C21H19N3O5S. The van der Waals surface area contributed by atoms with Gasteiger partial charge < -0.3 is 14.4 Å². The van der Waals surface area contributed by atoms with Crippen molar-refractivity contribution >= 4 is 34.6 Å². The van der Waals surface area contributed by atoms with Crippen LogP contribution in [0.15, 0.2) is 58.4 Å². The van der Waals surface area contributed by atoms with Crippen LogP contribution < -0.4 is 4.74 Å². The van der Waals surface area contributed by atoms with Gasteiger partial charge in [-0.15, -0.1) is 0 Å². The zero-order chi connectivity index (χ0) is 20.9. The van der Waals surface area contributed by atoms with E-state index in [-0.39, 0.29) is 18.2 Å². The number of nitrogens with zero attached hydrogens (tertiary/aromatic N) is 3. The molecule has 0 N–H and O–H groups in total. The molecule has 1 fully saturated rings. The van der Waals surface area contributed by atoms with E-state index in [9.17, 15) is 14.9 Å². The summed E-state index contributed by atoms with van der Waals surface area (Å²) in [4.78, 5) is 29.5. The average molecular weight is 425 g/mol. The Morgan fingerprint density at radius 1 is 1.17 bits per heavy atom. The molecule has 9 heteroatoms. The van der Waals surface area contributed by atoms with Crippen molar-refractivity contribution in [1.29, 1.82) is 0 Å². The van der Waals surface area contributed by atoms with Crippen LogP contribution in [0.2, 0.25) is 0 Å². The van der Waals surface area contributed by atoms with Crippen molar-refractivity contribution < 1.29 is 19.2 Å². The van der Waals surface area contributed by atoms with Gasteiger partial charge in [0.2, 0.25) is 0 Å². The van der Waals surface area contributed by atoms with Gasteiger partial charge in [-0.3, -0.25) is 14.9 Å². The van der Waals surface area contributed by atoms with Crippen LogP contribution in [0.4, 0.5) is 5.69 Å². The summed E-state index contributed by atoms with van der Waals surface area (Å²) in [6.45, 7) is 2.97. The van der Waals surface area contributed by atoms with Gasteiger partial charge in [0.1, 0.15) is 12.4 Å². The quantitative estimate of drug-likeness (QED) is 0.411. The molecule has 4 rings (SSSR count). The maximum Gasteiger partial charge on any atom is 0.286 e. The highest BCUT2D eigenvalue weighted by Gasteiger charge is 2.27. The second-order valence-corrected chi connectivity index (χ2v) is 7.67. The van der Waals surface area contributed by atoms with Crippen LogP contribution in [-0.4, -0.2) is 47.2 Å². The van der Waals surface area contributed by atoms with Crippen molar-refractivity contribution in [2.45, 2.75) is 6.61 Å². The van der Waals surface area contributed by atoms with Gasteiger partial charge in [-0.1, -0.05) is 18.2 Å². The lowest BCUT2D eigenvalue weighted by Crippen LogP contribution is -2.38. The number of nitro groups is 1. The van der Waals surface area contributed by atoms with Gasteiger partial charge in [0.15, 0.2) is 5.17 Å². The fraction of sp³-hybridized carbons (Fsp3) is 0.238. The largest absolute Gasteiger partial charge is 0.488 e. The summed E-state index contributed by atoms with van der Waals surface area (Å²) in [5.41, 5.74) is 1.62. The molecule has 2 aliphatic rings. The standard InChI is InChI=1S/C21H19N3O5S/c25-20-19(30-21(22-20)23-9-11-28-12-10-23)13-16-3-1-2-4-18(16)29-14-15-5-7-17(8-6-15)24(26)27/h1-8,13H,9-12,14H2. The van der Waals surface area contributed by atoms with Gasteiger partial charge in [-0.05, 0) is 41.6 Å². The summed E-state index contributed by atoms with van der Waals surface area (Å²) >= 11 is 1.36. The molecule has 0 bridgehead atoms. The first-order valence-corrected chi connectivity index (χ1v) is 10.2. The lowest BCUT2D eigenvalue weighted by molar-refractivity contribution is -0.384. The molecule has 1 amide bonds. The molecule has 8 nitrogen and oxygen atoms in total. The van der Waals surface area contributed by atoms with Crippen molar-refractivity contribution in [2.75, 3.05) is 26.3 Å². The van der Waals surface area contributed by atoms with Crippen LogP contribution in [0.25, 0.3) is 6.08 Å². The lowest BCUT2D eigenvalue weighted by atomic mass is 10.1. The van der Waals surface area contributed by atoms with E-state index in [1.165, 1.54) is 23.9 Å². The van der Waals surface area contributed by atoms with Crippen LogP contribution in [0, 0.1) is 10.1 Å². The minimum atomic E-state index is -0.435. The number of aliphatic imine (C=N–C) groups is 1. The topological polar surface area (TPSA) is 94.3 Å². The van der Waals surface area contributed by atoms with Gasteiger partial charge in [-0.25, -0.2) is 0 Å². The van der Waals surface area contributed by atoms with Gasteiger partial charge in [-0.2, -0.15) is 4.99 Å². The SMILES string of the molecule is O=C1N=C(N2CCOCC2)SC1=Cc1ccccc1OCc1ccc([N+](=O)[O-])cc1. The Morgan fingerprint density at radius 3 is 2.63 bits per heavy atom. The average Bonchev–Trinajstić information content (AvgIpc) is 3.14. The first kappa shape index (κ1) is 20.1. The monoisotopic (exact) mass is 425 g/mol. The number of benzene rings is 2. The number of hydrogen-bond acceptors (Lipinski definition) is 7. The highest BCUT2D eigenvalue weighted by Crippen LogP contribution is 2.32. The Kier molecular flexibility index (Phi) is 6.10. The van der Waals surface area contributed by atoms with Gasteiger partial charge in [0.25, 0.3) is 11.6 Å². The zero-order valence-corrected chi connectivity index (χ0v) is 16.8. The fourth-order valence-corrected chi connectivity index (χ4v) is 3.99. The number of non-ortho nitro benzene ring substituents is 1. The number of carbonyl (C=O) groups is 1. The third kappa shape index (κ3) is 4.69. The Labute approximate surface area is 177 Å². The molecule has 0 saturated carbocycles. The fourth-order valence-electron chi connectivity index (χ4n) is 3.04. The van der Waals surface area contributed by atoms with Gasteiger partial charge in [0.05, 0.1) is 23.0 Å². The molecule has 0 atom stereocenters. The van der Waals surface area contributed by atoms with Crippen LogP contribution in [0.3, 0.4) is 0 Å². The Balaban J connectivity index is 1.45. The van der Waals surface area contributed by atoms with E-state index in [0.717, 1.165) is 24.2 Å².